The van der Waals surface area contributed by atoms with Gasteiger partial charge in [-0.1, -0.05) is 17.7 Å². The first-order chi connectivity index (χ1) is 23.1. The molecule has 1 saturated carbocycles. The number of benzene rings is 1. The number of anilines is 2. The predicted octanol–water partition coefficient (Wildman–Crippen LogP) is 4.42. The number of rotatable bonds is 12. The van der Waals surface area contributed by atoms with Crippen LogP contribution in [0, 0.1) is 5.92 Å². The molecule has 2 saturated heterocycles. The molecule has 0 radical (unpaired) electrons. The fraction of sp³-hybridized carbons (Fsp3) is 0.562. The van der Waals surface area contributed by atoms with E-state index in [1.807, 2.05) is 37.4 Å². The molecule has 3 aromatic heterocycles. The summed E-state index contributed by atoms with van der Waals surface area (Å²) in [5.74, 6) is 1.90. The Morgan fingerprint density at radius 1 is 1.04 bits per heavy atom. The molecule has 15 heteroatoms. The number of tetrazole rings is 1. The standard InChI is InChI=1S/C32H41ClN10O4/c1-22(17-42-21-35-39-40-42)47-30-16-24(2-7-27(30)33)28-8-10-34-32(36-28)37-29-18-43(38-31(29)46-20-23-9-13-45-19-23)26-5-3-25(4-6-26)41-11-14-44-15-12-41/h2,7-8,10,16,18,21-23,25-26H,3-6,9,11-15,17,19-20H2,1H3,(H,34,36,37)/t22-,23?,25?,26?/m0/s1. The Morgan fingerprint density at radius 2 is 1.89 bits per heavy atom. The van der Waals surface area contributed by atoms with Crippen LogP contribution in [0.4, 0.5) is 11.6 Å². The quantitative estimate of drug-likeness (QED) is 0.229. The highest BCUT2D eigenvalue weighted by Crippen LogP contribution is 2.36. The summed E-state index contributed by atoms with van der Waals surface area (Å²) >= 11 is 6.50. The second-order valence-corrected chi connectivity index (χ2v) is 12.9. The van der Waals surface area contributed by atoms with Gasteiger partial charge in [-0.3, -0.25) is 9.58 Å². The third-order valence-electron chi connectivity index (χ3n) is 9.07. The average molecular weight is 665 g/mol. The van der Waals surface area contributed by atoms with E-state index in [4.69, 9.17) is 40.6 Å². The maximum atomic E-state index is 6.50. The van der Waals surface area contributed by atoms with Crippen molar-refractivity contribution >= 4 is 23.2 Å². The van der Waals surface area contributed by atoms with Crippen LogP contribution in [-0.2, 0) is 16.0 Å². The fourth-order valence-electron chi connectivity index (χ4n) is 6.53. The van der Waals surface area contributed by atoms with Gasteiger partial charge < -0.3 is 24.3 Å². The molecule has 47 heavy (non-hydrogen) atoms. The second kappa shape index (κ2) is 14.9. The van der Waals surface area contributed by atoms with Gasteiger partial charge in [0.05, 0.1) is 55.9 Å². The third kappa shape index (κ3) is 8.00. The van der Waals surface area contributed by atoms with Crippen LogP contribution in [-0.4, -0.2) is 103 Å². The maximum Gasteiger partial charge on any atom is 0.256 e. The molecule has 0 bridgehead atoms. The van der Waals surface area contributed by atoms with E-state index in [1.165, 1.54) is 0 Å². The molecule has 0 amide bonds. The van der Waals surface area contributed by atoms with Crippen LogP contribution in [0.1, 0.15) is 45.1 Å². The lowest BCUT2D eigenvalue weighted by molar-refractivity contribution is 0.00502. The molecule has 5 heterocycles. The number of nitrogens with zero attached hydrogens (tertiary/aromatic N) is 9. The van der Waals surface area contributed by atoms with Crippen molar-refractivity contribution in [2.75, 3.05) is 51.4 Å². The van der Waals surface area contributed by atoms with Crippen molar-refractivity contribution in [3.05, 3.63) is 48.0 Å². The number of aromatic nitrogens is 8. The van der Waals surface area contributed by atoms with Crippen LogP contribution >= 0.6 is 11.6 Å². The molecule has 4 aromatic rings. The van der Waals surface area contributed by atoms with Gasteiger partial charge in [0, 0.05) is 43.4 Å². The van der Waals surface area contributed by atoms with Crippen LogP contribution in [0.5, 0.6) is 11.6 Å². The Kier molecular flexibility index (Phi) is 10.1. The number of morpholine rings is 1. The monoisotopic (exact) mass is 664 g/mol. The molecule has 7 rings (SSSR count). The second-order valence-electron chi connectivity index (χ2n) is 12.5. The summed E-state index contributed by atoms with van der Waals surface area (Å²) < 4.78 is 27.3. The van der Waals surface area contributed by atoms with Crippen LogP contribution in [0.2, 0.25) is 5.02 Å². The number of ether oxygens (including phenoxy) is 4. The third-order valence-corrected chi connectivity index (χ3v) is 9.39. The lowest BCUT2D eigenvalue weighted by Crippen LogP contribution is -2.45. The Hall–Kier alpha value is -3.85. The summed E-state index contributed by atoms with van der Waals surface area (Å²) in [6, 6.07) is 8.39. The van der Waals surface area contributed by atoms with Crippen molar-refractivity contribution in [3.8, 4) is 22.9 Å². The molecule has 250 valence electrons. The number of halogens is 1. The SMILES string of the molecule is C[C@@H](Cn1cnnn1)Oc1cc(-c2ccnc(Nc3cn(C4CCC(N5CCOCC5)CC4)nc3OCC3CCOC3)n2)ccc1Cl. The molecule has 0 spiro atoms. The molecule has 1 aromatic carbocycles. The Morgan fingerprint density at radius 3 is 2.68 bits per heavy atom. The van der Waals surface area contributed by atoms with Crippen molar-refractivity contribution in [3.63, 3.8) is 0 Å². The number of hydrogen-bond donors (Lipinski definition) is 1. The smallest absolute Gasteiger partial charge is 0.256 e. The normalized spacial score (nSPS) is 22.6. The van der Waals surface area contributed by atoms with Gasteiger partial charge in [0.25, 0.3) is 5.88 Å². The van der Waals surface area contributed by atoms with Crippen molar-refractivity contribution in [2.24, 2.45) is 5.92 Å². The van der Waals surface area contributed by atoms with E-state index >= 15 is 0 Å². The summed E-state index contributed by atoms with van der Waals surface area (Å²) in [7, 11) is 0. The van der Waals surface area contributed by atoms with Gasteiger partial charge in [-0.2, -0.15) is 0 Å². The first kappa shape index (κ1) is 31.7. The molecule has 2 atom stereocenters. The topological polar surface area (TPSA) is 139 Å². The van der Waals surface area contributed by atoms with Gasteiger partial charge in [0.15, 0.2) is 0 Å². The molecule has 1 unspecified atom stereocenters. The Labute approximate surface area is 278 Å². The summed E-state index contributed by atoms with van der Waals surface area (Å²) in [6.07, 6.45) is 10.5. The Bertz CT molecular complexity index is 1580. The molecule has 1 aliphatic carbocycles. The highest BCUT2D eigenvalue weighted by Gasteiger charge is 2.29. The van der Waals surface area contributed by atoms with Gasteiger partial charge in [-0.05, 0) is 67.7 Å². The largest absolute Gasteiger partial charge is 0.487 e. The van der Waals surface area contributed by atoms with E-state index in [1.54, 1.807) is 17.2 Å². The number of nitrogens with one attached hydrogen (secondary N) is 1. The van der Waals surface area contributed by atoms with Crippen LogP contribution in [0.15, 0.2) is 43.0 Å². The van der Waals surface area contributed by atoms with Crippen molar-refractivity contribution < 1.29 is 18.9 Å². The van der Waals surface area contributed by atoms with Gasteiger partial charge in [0.2, 0.25) is 5.95 Å². The molecular formula is C32H41ClN10O4. The Balaban J connectivity index is 1.06. The molecular weight excluding hydrogens is 624 g/mol. The van der Waals surface area contributed by atoms with Gasteiger partial charge in [-0.15, -0.1) is 10.2 Å². The van der Waals surface area contributed by atoms with E-state index < -0.39 is 0 Å². The van der Waals surface area contributed by atoms with Crippen LogP contribution in [0.3, 0.4) is 0 Å². The van der Waals surface area contributed by atoms with E-state index in [2.05, 4.69) is 35.4 Å². The summed E-state index contributed by atoms with van der Waals surface area (Å²) in [6.45, 7) is 8.17. The van der Waals surface area contributed by atoms with Crippen molar-refractivity contribution in [1.82, 2.24) is 44.9 Å². The first-order valence-corrected chi connectivity index (χ1v) is 16.8. The van der Waals surface area contributed by atoms with Crippen molar-refractivity contribution in [2.45, 2.75) is 63.8 Å². The minimum Gasteiger partial charge on any atom is -0.487 e. The van der Waals surface area contributed by atoms with E-state index in [0.29, 0.717) is 60.4 Å². The average Bonchev–Trinajstić information content (AvgIpc) is 3.89. The highest BCUT2D eigenvalue weighted by atomic mass is 35.5. The predicted molar refractivity (Wildman–Crippen MR) is 174 cm³/mol. The fourth-order valence-corrected chi connectivity index (χ4v) is 6.69. The highest BCUT2D eigenvalue weighted by molar-refractivity contribution is 6.32. The zero-order valence-corrected chi connectivity index (χ0v) is 27.3. The van der Waals surface area contributed by atoms with Gasteiger partial charge in [0.1, 0.15) is 23.9 Å². The van der Waals surface area contributed by atoms with E-state index in [9.17, 15) is 0 Å². The van der Waals surface area contributed by atoms with E-state index in [0.717, 1.165) is 82.0 Å². The zero-order chi connectivity index (χ0) is 32.0. The van der Waals surface area contributed by atoms with Crippen molar-refractivity contribution in [1.29, 1.82) is 0 Å². The lowest BCUT2D eigenvalue weighted by atomic mass is 9.90. The van der Waals surface area contributed by atoms with Gasteiger partial charge in [-0.25, -0.2) is 14.6 Å². The number of hydrogen-bond acceptors (Lipinski definition) is 12. The molecule has 14 nitrogen and oxygen atoms in total. The van der Waals surface area contributed by atoms with Gasteiger partial charge >= 0.3 is 0 Å². The lowest BCUT2D eigenvalue weighted by Gasteiger charge is -2.38. The maximum absolute atomic E-state index is 6.50. The molecule has 3 fully saturated rings. The molecule has 2 aliphatic heterocycles. The summed E-state index contributed by atoms with van der Waals surface area (Å²) in [5.41, 5.74) is 2.30. The summed E-state index contributed by atoms with van der Waals surface area (Å²) in [4.78, 5) is 11.9. The minimum absolute atomic E-state index is 0.214. The zero-order valence-electron chi connectivity index (χ0n) is 26.6. The van der Waals surface area contributed by atoms with Crippen LogP contribution in [0.25, 0.3) is 11.3 Å². The molecule has 1 N–H and O–H groups in total. The minimum atomic E-state index is -0.214. The first-order valence-electron chi connectivity index (χ1n) is 16.5. The van der Waals surface area contributed by atoms with E-state index in [-0.39, 0.29) is 6.10 Å². The summed E-state index contributed by atoms with van der Waals surface area (Å²) in [5, 5.41) is 20.1. The van der Waals surface area contributed by atoms with Crippen LogP contribution < -0.4 is 14.8 Å². The molecule has 3 aliphatic rings.